The normalized spacial score (nSPS) is 11.0. The molecule has 14 nitrogen and oxygen atoms in total. The van der Waals surface area contributed by atoms with E-state index in [1.165, 1.54) is 30.5 Å². The zero-order valence-electron chi connectivity index (χ0n) is 17.7. The molecule has 0 saturated carbocycles. The van der Waals surface area contributed by atoms with Gasteiger partial charge >= 0.3 is 0 Å². The number of nitro benzene ring substituents is 1. The van der Waals surface area contributed by atoms with E-state index in [-0.39, 0.29) is 28.7 Å². The second kappa shape index (κ2) is 9.56. The molecule has 172 valence electrons. The number of hydrazone groups is 1. The van der Waals surface area contributed by atoms with Gasteiger partial charge in [-0.2, -0.15) is 9.78 Å². The van der Waals surface area contributed by atoms with Crippen LogP contribution in [0.1, 0.15) is 23.0 Å². The number of carbonyl (C=O) groups is 1. The molecule has 0 radical (unpaired) electrons. The van der Waals surface area contributed by atoms with Gasteiger partial charge in [-0.15, -0.1) is 5.10 Å². The molecule has 2 aromatic carbocycles. The van der Waals surface area contributed by atoms with Crippen LogP contribution in [0.4, 0.5) is 11.5 Å². The predicted octanol–water partition coefficient (Wildman–Crippen LogP) is 1.97. The lowest BCUT2D eigenvalue weighted by Crippen LogP contribution is -2.22. The molecule has 0 bridgehead atoms. The lowest BCUT2D eigenvalue weighted by molar-refractivity contribution is -0.384. The summed E-state index contributed by atoms with van der Waals surface area (Å²) in [5, 5.41) is 30.1. The Morgan fingerprint density at radius 3 is 2.71 bits per heavy atom. The lowest BCUT2D eigenvalue weighted by atomic mass is 10.1. The fourth-order valence-electron chi connectivity index (χ4n) is 2.99. The van der Waals surface area contributed by atoms with Gasteiger partial charge in [-0.25, -0.2) is 10.1 Å². The standard InChI is InChI=1S/C20H17N9O5/c1-2-33-15-6-4-3-5-13(15)11-22-24-20(30)17-16(12-7-9-14(10-8-12)29(31)32)23-27-28(17)19-18(21)25-34-26-19/h3-11H,2H2,1H3,(H2,21,25)(H,24,30)/b22-11+. The van der Waals surface area contributed by atoms with E-state index in [0.717, 1.165) is 4.68 Å². The summed E-state index contributed by atoms with van der Waals surface area (Å²) in [4.78, 5) is 23.5. The van der Waals surface area contributed by atoms with Crippen molar-refractivity contribution in [2.75, 3.05) is 12.3 Å². The first-order chi connectivity index (χ1) is 16.5. The van der Waals surface area contributed by atoms with E-state index in [2.05, 4.69) is 35.8 Å². The van der Waals surface area contributed by atoms with Crippen molar-refractivity contribution in [1.29, 1.82) is 0 Å². The number of carbonyl (C=O) groups excluding carboxylic acids is 1. The molecule has 1 amide bonds. The summed E-state index contributed by atoms with van der Waals surface area (Å²) < 4.78 is 11.2. The smallest absolute Gasteiger partial charge is 0.292 e. The number of amides is 1. The first-order valence-corrected chi connectivity index (χ1v) is 9.83. The van der Waals surface area contributed by atoms with E-state index in [1.807, 2.05) is 13.0 Å². The molecule has 0 aliphatic carbocycles. The lowest BCUT2D eigenvalue weighted by Gasteiger charge is -2.07. The first-order valence-electron chi connectivity index (χ1n) is 9.83. The van der Waals surface area contributed by atoms with Crippen molar-refractivity contribution in [3.05, 3.63) is 69.9 Å². The van der Waals surface area contributed by atoms with Gasteiger partial charge in [-0.05, 0) is 41.5 Å². The Hall–Kier alpha value is -5.14. The Kier molecular flexibility index (Phi) is 6.20. The van der Waals surface area contributed by atoms with Crippen molar-refractivity contribution in [3.63, 3.8) is 0 Å². The number of nitrogens with zero attached hydrogens (tertiary/aromatic N) is 7. The van der Waals surface area contributed by atoms with Crippen LogP contribution in [0.25, 0.3) is 17.1 Å². The molecule has 0 atom stereocenters. The van der Waals surface area contributed by atoms with E-state index in [4.69, 9.17) is 10.5 Å². The van der Waals surface area contributed by atoms with E-state index in [9.17, 15) is 14.9 Å². The van der Waals surface area contributed by atoms with Crippen molar-refractivity contribution in [2.24, 2.45) is 5.10 Å². The molecular formula is C20H17N9O5. The van der Waals surface area contributed by atoms with E-state index in [0.29, 0.717) is 23.5 Å². The van der Waals surface area contributed by atoms with Gasteiger partial charge in [-0.1, -0.05) is 17.3 Å². The van der Waals surface area contributed by atoms with Crippen LogP contribution in [0.3, 0.4) is 0 Å². The fourth-order valence-corrected chi connectivity index (χ4v) is 2.99. The van der Waals surface area contributed by atoms with Crippen LogP contribution >= 0.6 is 0 Å². The molecule has 0 fully saturated rings. The van der Waals surface area contributed by atoms with Crippen LogP contribution in [0, 0.1) is 10.1 Å². The van der Waals surface area contributed by atoms with Crippen LogP contribution in [0.2, 0.25) is 0 Å². The molecule has 0 saturated heterocycles. The number of nitrogen functional groups attached to an aromatic ring is 1. The number of rotatable bonds is 8. The molecule has 0 unspecified atom stereocenters. The van der Waals surface area contributed by atoms with Gasteiger partial charge in [0, 0.05) is 23.3 Å². The summed E-state index contributed by atoms with van der Waals surface area (Å²) in [5.74, 6) is -0.284. The quantitative estimate of drug-likeness (QED) is 0.222. The number of benzene rings is 2. The molecule has 0 spiro atoms. The number of para-hydroxylation sites is 1. The Labute approximate surface area is 191 Å². The Bertz CT molecular complexity index is 1360. The van der Waals surface area contributed by atoms with Gasteiger partial charge in [0.1, 0.15) is 11.4 Å². The maximum atomic E-state index is 13.1. The van der Waals surface area contributed by atoms with Crippen molar-refractivity contribution >= 4 is 23.6 Å². The largest absolute Gasteiger partial charge is 0.493 e. The second-order valence-electron chi connectivity index (χ2n) is 6.65. The molecule has 4 aromatic rings. The molecule has 4 rings (SSSR count). The summed E-state index contributed by atoms with van der Waals surface area (Å²) in [6, 6.07) is 12.6. The summed E-state index contributed by atoms with van der Waals surface area (Å²) in [6.07, 6.45) is 1.43. The summed E-state index contributed by atoms with van der Waals surface area (Å²) in [7, 11) is 0. The fraction of sp³-hybridized carbons (Fsp3) is 0.100. The average Bonchev–Trinajstić information content (AvgIpc) is 3.46. The molecule has 0 aliphatic rings. The van der Waals surface area contributed by atoms with Crippen LogP contribution in [0.15, 0.2) is 58.3 Å². The maximum absolute atomic E-state index is 13.1. The number of non-ortho nitro benzene ring substituents is 1. The van der Waals surface area contributed by atoms with E-state index < -0.39 is 10.8 Å². The number of nitrogens with one attached hydrogen (secondary N) is 1. The predicted molar refractivity (Wildman–Crippen MR) is 118 cm³/mol. The van der Waals surface area contributed by atoms with Gasteiger partial charge in [0.25, 0.3) is 11.6 Å². The van der Waals surface area contributed by atoms with Crippen molar-refractivity contribution in [2.45, 2.75) is 6.92 Å². The van der Waals surface area contributed by atoms with Gasteiger partial charge in [-0.3, -0.25) is 14.9 Å². The highest BCUT2D eigenvalue weighted by Crippen LogP contribution is 2.26. The van der Waals surface area contributed by atoms with Crippen LogP contribution in [-0.4, -0.2) is 49.0 Å². The first kappa shape index (κ1) is 22.1. The SMILES string of the molecule is CCOc1ccccc1/C=N/NC(=O)c1c(-c2ccc([N+](=O)[O-])cc2)nnn1-c1nonc1N. The Morgan fingerprint density at radius 1 is 1.26 bits per heavy atom. The van der Waals surface area contributed by atoms with Crippen molar-refractivity contribution in [3.8, 4) is 22.8 Å². The van der Waals surface area contributed by atoms with Crippen molar-refractivity contribution in [1.82, 2.24) is 30.7 Å². The number of anilines is 1. The van der Waals surface area contributed by atoms with Gasteiger partial charge in [0.05, 0.1) is 17.7 Å². The highest BCUT2D eigenvalue weighted by Gasteiger charge is 2.26. The molecule has 14 heteroatoms. The highest BCUT2D eigenvalue weighted by atomic mass is 16.6. The number of aromatic nitrogens is 5. The third-order valence-electron chi connectivity index (χ3n) is 4.52. The number of nitrogens with two attached hydrogens (primary N) is 1. The van der Waals surface area contributed by atoms with E-state index in [1.54, 1.807) is 18.2 Å². The number of ether oxygens (including phenoxy) is 1. The second-order valence-corrected chi connectivity index (χ2v) is 6.65. The third-order valence-corrected chi connectivity index (χ3v) is 4.52. The van der Waals surface area contributed by atoms with Crippen LogP contribution in [-0.2, 0) is 0 Å². The minimum absolute atomic E-state index is 0.0588. The third kappa shape index (κ3) is 4.40. The van der Waals surface area contributed by atoms with Crippen LogP contribution < -0.4 is 15.9 Å². The zero-order valence-corrected chi connectivity index (χ0v) is 17.7. The van der Waals surface area contributed by atoms with E-state index >= 15 is 0 Å². The van der Waals surface area contributed by atoms with Gasteiger partial charge in [0.2, 0.25) is 11.6 Å². The van der Waals surface area contributed by atoms with Crippen LogP contribution in [0.5, 0.6) is 5.75 Å². The average molecular weight is 463 g/mol. The highest BCUT2D eigenvalue weighted by molar-refractivity contribution is 5.99. The molecule has 3 N–H and O–H groups in total. The molecule has 2 heterocycles. The van der Waals surface area contributed by atoms with Gasteiger partial charge < -0.3 is 10.5 Å². The Morgan fingerprint density at radius 2 is 2.03 bits per heavy atom. The van der Waals surface area contributed by atoms with Crippen molar-refractivity contribution < 1.29 is 19.1 Å². The number of nitro groups is 1. The maximum Gasteiger partial charge on any atom is 0.292 e. The summed E-state index contributed by atoms with van der Waals surface area (Å²) >= 11 is 0. The molecule has 2 aromatic heterocycles. The number of hydrogen-bond acceptors (Lipinski definition) is 11. The number of hydrogen-bond donors (Lipinski definition) is 2. The topological polar surface area (TPSA) is 189 Å². The minimum atomic E-state index is -0.703. The molecule has 34 heavy (non-hydrogen) atoms. The monoisotopic (exact) mass is 463 g/mol. The minimum Gasteiger partial charge on any atom is -0.493 e. The molecular weight excluding hydrogens is 446 g/mol. The zero-order chi connectivity index (χ0) is 24.1. The summed E-state index contributed by atoms with van der Waals surface area (Å²) in [5.41, 5.74) is 9.11. The van der Waals surface area contributed by atoms with Gasteiger partial charge in [0.15, 0.2) is 5.69 Å². The Balaban J connectivity index is 1.69. The summed E-state index contributed by atoms with van der Waals surface area (Å²) in [6.45, 7) is 2.32. The molecule has 0 aliphatic heterocycles.